The molecule has 0 aliphatic carbocycles. The van der Waals surface area contributed by atoms with E-state index in [4.69, 9.17) is 20.9 Å². The average molecular weight is 163 g/mol. The van der Waals surface area contributed by atoms with Gasteiger partial charge in [0, 0.05) is 0 Å². The van der Waals surface area contributed by atoms with E-state index < -0.39 is 17.3 Å². The number of carboxylic acids is 1. The van der Waals surface area contributed by atoms with Crippen molar-refractivity contribution in [1.82, 2.24) is 0 Å². The summed E-state index contributed by atoms with van der Waals surface area (Å²) < 4.78 is 0. The van der Waals surface area contributed by atoms with Gasteiger partial charge in [-0.15, -0.1) is 0 Å². The Labute approximate surface area is 69.1 Å². The molecule has 0 bridgehead atoms. The minimum atomic E-state index is -2.24. The molecule has 1 N–H and O–H groups in total. The van der Waals surface area contributed by atoms with Gasteiger partial charge in [0.25, 0.3) is 5.41 Å². The van der Waals surface area contributed by atoms with Gasteiger partial charge in [-0.3, -0.25) is 0 Å². The third kappa shape index (κ3) is 1.19. The SMILES string of the molecule is CC(C#N)C(C#N)(C#N)C(=O)O. The van der Waals surface area contributed by atoms with Gasteiger partial charge in [-0.25, -0.2) is 4.79 Å². The highest BCUT2D eigenvalue weighted by Gasteiger charge is 2.45. The molecule has 5 heteroatoms. The Balaban J connectivity index is 5.21. The van der Waals surface area contributed by atoms with Gasteiger partial charge in [0.05, 0.1) is 24.1 Å². The number of nitriles is 3. The number of nitrogens with zero attached hydrogens (tertiary/aromatic N) is 3. The highest BCUT2D eigenvalue weighted by Crippen LogP contribution is 2.25. The van der Waals surface area contributed by atoms with Crippen molar-refractivity contribution >= 4 is 5.97 Å². The first-order chi connectivity index (χ1) is 5.55. The van der Waals surface area contributed by atoms with Crippen LogP contribution in [0.4, 0.5) is 0 Å². The Kier molecular flexibility index (Phi) is 2.79. The van der Waals surface area contributed by atoms with Crippen molar-refractivity contribution in [2.75, 3.05) is 0 Å². The fourth-order valence-electron chi connectivity index (χ4n) is 0.596. The third-order valence-corrected chi connectivity index (χ3v) is 1.53. The normalized spacial score (nSPS) is 11.8. The van der Waals surface area contributed by atoms with Crippen LogP contribution in [0.5, 0.6) is 0 Å². The standard InChI is InChI=1S/C7H5N3O2/c1-5(2-8)7(3-9,4-10)6(11)12/h5H,1H3,(H,11,12). The second kappa shape index (κ2) is 3.37. The van der Waals surface area contributed by atoms with Gasteiger partial charge >= 0.3 is 5.97 Å². The molecule has 0 aliphatic rings. The molecule has 0 saturated carbocycles. The zero-order chi connectivity index (χ0) is 9.78. The van der Waals surface area contributed by atoms with Crippen molar-refractivity contribution in [1.29, 1.82) is 15.8 Å². The zero-order valence-corrected chi connectivity index (χ0v) is 6.27. The lowest BCUT2D eigenvalue weighted by molar-refractivity contribution is -0.144. The van der Waals surface area contributed by atoms with Crippen molar-refractivity contribution in [3.8, 4) is 18.2 Å². The topological polar surface area (TPSA) is 109 Å². The van der Waals surface area contributed by atoms with Crippen molar-refractivity contribution in [2.24, 2.45) is 11.3 Å². The Morgan fingerprint density at radius 2 is 1.83 bits per heavy atom. The Hall–Kier alpha value is -2.06. The Morgan fingerprint density at radius 1 is 1.42 bits per heavy atom. The van der Waals surface area contributed by atoms with Crippen LogP contribution in [0, 0.1) is 45.3 Å². The Bertz CT molecular complexity index is 301. The quantitative estimate of drug-likeness (QED) is 0.628. The molecule has 0 spiro atoms. The maximum absolute atomic E-state index is 10.5. The summed E-state index contributed by atoms with van der Waals surface area (Å²) in [5.41, 5.74) is -2.24. The van der Waals surface area contributed by atoms with Gasteiger partial charge in [0.2, 0.25) is 0 Å². The van der Waals surface area contributed by atoms with Gasteiger partial charge in [-0.1, -0.05) is 0 Å². The first-order valence-electron chi connectivity index (χ1n) is 3.00. The highest BCUT2D eigenvalue weighted by atomic mass is 16.4. The number of carboxylic acid groups (broad SMARTS) is 1. The van der Waals surface area contributed by atoms with E-state index in [-0.39, 0.29) is 0 Å². The monoisotopic (exact) mass is 163 g/mol. The van der Waals surface area contributed by atoms with Crippen molar-refractivity contribution < 1.29 is 9.90 Å². The second-order valence-electron chi connectivity index (χ2n) is 2.19. The van der Waals surface area contributed by atoms with E-state index in [9.17, 15) is 4.79 Å². The maximum atomic E-state index is 10.5. The molecule has 0 heterocycles. The zero-order valence-electron chi connectivity index (χ0n) is 6.27. The maximum Gasteiger partial charge on any atom is 0.340 e. The van der Waals surface area contributed by atoms with E-state index in [0.717, 1.165) is 0 Å². The van der Waals surface area contributed by atoms with Gasteiger partial charge in [0.15, 0.2) is 0 Å². The molecule has 0 amide bonds. The predicted molar refractivity (Wildman–Crippen MR) is 36.1 cm³/mol. The summed E-state index contributed by atoms with van der Waals surface area (Å²) in [6, 6.07) is 4.23. The van der Waals surface area contributed by atoms with Crippen LogP contribution in [0.3, 0.4) is 0 Å². The molecule has 1 atom stereocenters. The van der Waals surface area contributed by atoms with Gasteiger partial charge in [0.1, 0.15) is 0 Å². The lowest BCUT2D eigenvalue weighted by atomic mass is 9.80. The molecular formula is C7H5N3O2. The third-order valence-electron chi connectivity index (χ3n) is 1.53. The molecule has 0 fully saturated rings. The molecule has 60 valence electrons. The largest absolute Gasteiger partial charge is 0.479 e. The number of carbonyl (C=O) groups is 1. The predicted octanol–water partition coefficient (Wildman–Crippen LogP) is 0.264. The molecule has 0 saturated heterocycles. The first kappa shape index (κ1) is 9.94. The summed E-state index contributed by atoms with van der Waals surface area (Å²) in [6.45, 7) is 1.22. The van der Waals surface area contributed by atoms with Crippen LogP contribution in [0.1, 0.15) is 6.92 Å². The van der Waals surface area contributed by atoms with E-state index >= 15 is 0 Å². The van der Waals surface area contributed by atoms with E-state index in [0.29, 0.717) is 0 Å². The van der Waals surface area contributed by atoms with Gasteiger partial charge in [-0.05, 0) is 6.92 Å². The molecular weight excluding hydrogens is 158 g/mol. The van der Waals surface area contributed by atoms with Crippen molar-refractivity contribution in [3.63, 3.8) is 0 Å². The lowest BCUT2D eigenvalue weighted by Crippen LogP contribution is -2.33. The number of hydrogen-bond acceptors (Lipinski definition) is 4. The summed E-state index contributed by atoms with van der Waals surface area (Å²) in [5, 5.41) is 33.8. The molecule has 0 radical (unpaired) electrons. The van der Waals surface area contributed by atoms with E-state index in [1.165, 1.54) is 19.1 Å². The summed E-state index contributed by atoms with van der Waals surface area (Å²) in [4.78, 5) is 10.5. The first-order valence-corrected chi connectivity index (χ1v) is 3.00. The van der Waals surface area contributed by atoms with Crippen LogP contribution in [0.15, 0.2) is 0 Å². The van der Waals surface area contributed by atoms with Crippen LogP contribution >= 0.6 is 0 Å². The summed E-state index contributed by atoms with van der Waals surface area (Å²) in [5.74, 6) is -2.73. The van der Waals surface area contributed by atoms with Crippen molar-refractivity contribution in [2.45, 2.75) is 6.92 Å². The molecule has 12 heavy (non-hydrogen) atoms. The van der Waals surface area contributed by atoms with E-state index in [1.807, 2.05) is 0 Å². The molecule has 5 nitrogen and oxygen atoms in total. The molecule has 0 rings (SSSR count). The van der Waals surface area contributed by atoms with E-state index in [2.05, 4.69) is 0 Å². The average Bonchev–Trinajstić information content (AvgIpc) is 2.06. The van der Waals surface area contributed by atoms with Crippen LogP contribution in [-0.2, 0) is 4.79 Å². The fraction of sp³-hybridized carbons (Fsp3) is 0.429. The minimum Gasteiger partial charge on any atom is -0.479 e. The minimum absolute atomic E-state index is 1.15. The molecule has 0 aromatic rings. The van der Waals surface area contributed by atoms with Crippen LogP contribution < -0.4 is 0 Å². The van der Waals surface area contributed by atoms with Crippen LogP contribution in [0.25, 0.3) is 0 Å². The molecule has 1 unspecified atom stereocenters. The second-order valence-corrected chi connectivity index (χ2v) is 2.19. The van der Waals surface area contributed by atoms with Gasteiger partial charge in [-0.2, -0.15) is 15.8 Å². The van der Waals surface area contributed by atoms with Crippen LogP contribution in [0.2, 0.25) is 0 Å². The lowest BCUT2D eigenvalue weighted by Gasteiger charge is -2.13. The Morgan fingerprint density at radius 3 is 1.92 bits per heavy atom. The molecule has 0 aromatic carbocycles. The molecule has 0 aromatic heterocycles. The molecule has 0 aliphatic heterocycles. The smallest absolute Gasteiger partial charge is 0.340 e. The summed E-state index contributed by atoms with van der Waals surface area (Å²) in [7, 11) is 0. The van der Waals surface area contributed by atoms with Crippen LogP contribution in [-0.4, -0.2) is 11.1 Å². The summed E-state index contributed by atoms with van der Waals surface area (Å²) in [6.07, 6.45) is 0. The summed E-state index contributed by atoms with van der Waals surface area (Å²) >= 11 is 0. The van der Waals surface area contributed by atoms with E-state index in [1.54, 1.807) is 6.07 Å². The highest BCUT2D eigenvalue weighted by molar-refractivity contribution is 5.82. The van der Waals surface area contributed by atoms with Gasteiger partial charge < -0.3 is 5.11 Å². The van der Waals surface area contributed by atoms with Crippen molar-refractivity contribution in [3.05, 3.63) is 0 Å². The number of rotatable bonds is 2. The fourth-order valence-corrected chi connectivity index (χ4v) is 0.596. The number of hydrogen-bond donors (Lipinski definition) is 1. The number of aliphatic carboxylic acids is 1.